The summed E-state index contributed by atoms with van der Waals surface area (Å²) in [5, 5.41) is 9.64. The molecule has 7 heteroatoms. The van der Waals surface area contributed by atoms with Crippen LogP contribution in [0, 0.1) is 0 Å². The Labute approximate surface area is 171 Å². The van der Waals surface area contributed by atoms with Gasteiger partial charge in [-0.05, 0) is 37.0 Å². The zero-order chi connectivity index (χ0) is 21.3. The number of benzene rings is 1. The van der Waals surface area contributed by atoms with Crippen LogP contribution in [0.25, 0.3) is 0 Å². The number of rotatable bonds is 12. The number of alkyl halides is 3. The Morgan fingerprint density at radius 1 is 1.17 bits per heavy atom. The van der Waals surface area contributed by atoms with E-state index in [1.54, 1.807) is 13.0 Å². The van der Waals surface area contributed by atoms with Gasteiger partial charge in [-0.25, -0.2) is 4.99 Å². The second kappa shape index (κ2) is 10.9. The first-order valence-corrected chi connectivity index (χ1v) is 10.4. The maximum Gasteiger partial charge on any atom is 0.419 e. The van der Waals surface area contributed by atoms with E-state index in [0.29, 0.717) is 24.3 Å². The second-order valence-electron chi connectivity index (χ2n) is 7.75. The summed E-state index contributed by atoms with van der Waals surface area (Å²) in [6.45, 7) is 4.18. The third-order valence-corrected chi connectivity index (χ3v) is 5.22. The molecule has 164 valence electrons. The number of hydrogen-bond acceptors (Lipinski definition) is 4. The van der Waals surface area contributed by atoms with E-state index in [0.717, 1.165) is 38.2 Å². The third-order valence-electron chi connectivity index (χ3n) is 5.22. The van der Waals surface area contributed by atoms with Gasteiger partial charge in [0.25, 0.3) is 0 Å². The van der Waals surface area contributed by atoms with Crippen molar-refractivity contribution in [2.24, 2.45) is 4.99 Å². The standard InChI is InChI=1S/C22H32F3NO3/c1-3-4-5-6-7-8-13-28-20-10-9-18(14-19(20)22(23,24)25)11-12-21(15-27)16-29-17(2)26-21/h9-10,14,27H,3-8,11-13,15-16H2,1-2H3. The van der Waals surface area contributed by atoms with Gasteiger partial charge in [0.15, 0.2) is 5.90 Å². The Morgan fingerprint density at radius 2 is 1.90 bits per heavy atom. The summed E-state index contributed by atoms with van der Waals surface area (Å²) < 4.78 is 51.3. The highest BCUT2D eigenvalue weighted by atomic mass is 19.4. The fourth-order valence-electron chi connectivity index (χ4n) is 3.45. The zero-order valence-corrected chi connectivity index (χ0v) is 17.4. The molecule has 1 aromatic rings. The number of aliphatic imine (C=N–C) groups is 1. The summed E-state index contributed by atoms with van der Waals surface area (Å²) >= 11 is 0. The predicted octanol–water partition coefficient (Wildman–Crippen LogP) is 5.56. The van der Waals surface area contributed by atoms with Crippen molar-refractivity contribution in [3.63, 3.8) is 0 Å². The highest BCUT2D eigenvalue weighted by Gasteiger charge is 2.36. The first-order chi connectivity index (χ1) is 13.8. The normalized spacial score (nSPS) is 19.2. The van der Waals surface area contributed by atoms with Gasteiger partial charge in [0.2, 0.25) is 0 Å². The summed E-state index contributed by atoms with van der Waals surface area (Å²) in [4.78, 5) is 4.32. The van der Waals surface area contributed by atoms with Crippen LogP contribution in [0.3, 0.4) is 0 Å². The first-order valence-electron chi connectivity index (χ1n) is 10.4. The lowest BCUT2D eigenvalue weighted by molar-refractivity contribution is -0.139. The molecule has 0 spiro atoms. The molecule has 1 heterocycles. The molecule has 0 fully saturated rings. The highest BCUT2D eigenvalue weighted by Crippen LogP contribution is 2.37. The Morgan fingerprint density at radius 3 is 2.52 bits per heavy atom. The number of aliphatic hydroxyl groups excluding tert-OH is 1. The van der Waals surface area contributed by atoms with Crippen LogP contribution in [0.5, 0.6) is 5.75 Å². The van der Waals surface area contributed by atoms with Gasteiger partial charge in [-0.15, -0.1) is 0 Å². The predicted molar refractivity (Wildman–Crippen MR) is 108 cm³/mol. The van der Waals surface area contributed by atoms with E-state index in [-0.39, 0.29) is 25.6 Å². The number of unbranched alkanes of at least 4 members (excludes halogenated alkanes) is 5. The molecule has 0 saturated heterocycles. The summed E-state index contributed by atoms with van der Waals surface area (Å²) in [5.41, 5.74) is -0.978. The molecule has 1 unspecified atom stereocenters. The van der Waals surface area contributed by atoms with E-state index in [1.807, 2.05) is 0 Å². The lowest BCUT2D eigenvalue weighted by Crippen LogP contribution is -2.33. The molecule has 0 saturated carbocycles. The first kappa shape index (κ1) is 23.5. The summed E-state index contributed by atoms with van der Waals surface area (Å²) in [6.07, 6.45) is 2.60. The van der Waals surface area contributed by atoms with Gasteiger partial charge in [0.1, 0.15) is 17.9 Å². The maximum atomic E-state index is 13.5. The fourth-order valence-corrected chi connectivity index (χ4v) is 3.45. The summed E-state index contributed by atoms with van der Waals surface area (Å²) in [6, 6.07) is 4.21. The van der Waals surface area contributed by atoms with Crippen LogP contribution < -0.4 is 4.74 Å². The number of nitrogens with zero attached hydrogens (tertiary/aromatic N) is 1. The van der Waals surface area contributed by atoms with Crippen molar-refractivity contribution in [1.29, 1.82) is 0 Å². The van der Waals surface area contributed by atoms with Crippen molar-refractivity contribution in [2.45, 2.75) is 76.9 Å². The number of hydrogen-bond donors (Lipinski definition) is 1. The van der Waals surface area contributed by atoms with Crippen LogP contribution in [-0.2, 0) is 17.3 Å². The van der Waals surface area contributed by atoms with Crippen LogP contribution in [0.1, 0.15) is 69.9 Å². The minimum Gasteiger partial charge on any atom is -0.493 e. The largest absolute Gasteiger partial charge is 0.493 e. The van der Waals surface area contributed by atoms with Crippen molar-refractivity contribution >= 4 is 5.90 Å². The molecule has 1 aliphatic rings. The van der Waals surface area contributed by atoms with Crippen LogP contribution in [-0.4, -0.2) is 36.4 Å². The molecule has 2 rings (SSSR count). The molecule has 1 N–H and O–H groups in total. The average molecular weight is 415 g/mol. The summed E-state index contributed by atoms with van der Waals surface area (Å²) in [5.74, 6) is 0.373. The van der Waals surface area contributed by atoms with Crippen LogP contribution >= 0.6 is 0 Å². The minimum absolute atomic E-state index is 0.121. The molecule has 0 aromatic heterocycles. The van der Waals surface area contributed by atoms with E-state index in [9.17, 15) is 18.3 Å². The number of aliphatic hydroxyl groups is 1. The molecule has 4 nitrogen and oxygen atoms in total. The monoisotopic (exact) mass is 415 g/mol. The quantitative estimate of drug-likeness (QED) is 0.455. The molecule has 1 aromatic carbocycles. The van der Waals surface area contributed by atoms with Gasteiger partial charge in [-0.2, -0.15) is 13.2 Å². The smallest absolute Gasteiger partial charge is 0.419 e. The van der Waals surface area contributed by atoms with Crippen LogP contribution in [0.15, 0.2) is 23.2 Å². The molecule has 0 amide bonds. The van der Waals surface area contributed by atoms with Crippen molar-refractivity contribution in [1.82, 2.24) is 0 Å². The summed E-state index contributed by atoms with van der Waals surface area (Å²) in [7, 11) is 0. The fraction of sp³-hybridized carbons (Fsp3) is 0.682. The molecule has 0 radical (unpaired) electrons. The Hall–Kier alpha value is -1.76. The van der Waals surface area contributed by atoms with E-state index < -0.39 is 17.3 Å². The van der Waals surface area contributed by atoms with Gasteiger partial charge < -0.3 is 14.6 Å². The topological polar surface area (TPSA) is 51.0 Å². The highest BCUT2D eigenvalue weighted by molar-refractivity contribution is 5.75. The van der Waals surface area contributed by atoms with Gasteiger partial charge >= 0.3 is 6.18 Å². The maximum absolute atomic E-state index is 13.5. The van der Waals surface area contributed by atoms with Crippen molar-refractivity contribution in [2.75, 3.05) is 19.8 Å². The lowest BCUT2D eigenvalue weighted by Gasteiger charge is -2.21. The van der Waals surface area contributed by atoms with Gasteiger partial charge in [-0.1, -0.05) is 45.1 Å². The van der Waals surface area contributed by atoms with E-state index >= 15 is 0 Å². The van der Waals surface area contributed by atoms with E-state index in [2.05, 4.69) is 11.9 Å². The van der Waals surface area contributed by atoms with Gasteiger partial charge in [-0.3, -0.25) is 0 Å². The lowest BCUT2D eigenvalue weighted by atomic mass is 9.93. The van der Waals surface area contributed by atoms with E-state index in [4.69, 9.17) is 9.47 Å². The molecule has 1 aliphatic heterocycles. The van der Waals surface area contributed by atoms with Crippen molar-refractivity contribution < 1.29 is 27.8 Å². The van der Waals surface area contributed by atoms with E-state index in [1.165, 1.54) is 12.5 Å². The van der Waals surface area contributed by atoms with Gasteiger partial charge in [0, 0.05) is 6.92 Å². The van der Waals surface area contributed by atoms with Crippen molar-refractivity contribution in [3.05, 3.63) is 29.3 Å². The Bertz CT molecular complexity index is 676. The molecule has 29 heavy (non-hydrogen) atoms. The second-order valence-corrected chi connectivity index (χ2v) is 7.75. The Kier molecular flexibility index (Phi) is 8.80. The zero-order valence-electron chi connectivity index (χ0n) is 17.4. The minimum atomic E-state index is -4.48. The van der Waals surface area contributed by atoms with Crippen LogP contribution in [0.2, 0.25) is 0 Å². The molecule has 1 atom stereocenters. The van der Waals surface area contributed by atoms with Gasteiger partial charge in [0.05, 0.1) is 18.8 Å². The number of aryl methyl sites for hydroxylation is 1. The molecule has 0 bridgehead atoms. The average Bonchev–Trinajstić information content (AvgIpc) is 3.07. The van der Waals surface area contributed by atoms with Crippen LogP contribution in [0.4, 0.5) is 13.2 Å². The SMILES string of the molecule is CCCCCCCCOc1ccc(CCC2(CO)COC(C)=N2)cc1C(F)(F)F. The molecular formula is C22H32F3NO3. The number of ether oxygens (including phenoxy) is 2. The third kappa shape index (κ3) is 7.21. The molecular weight excluding hydrogens is 383 g/mol. The molecule has 0 aliphatic carbocycles. The Balaban J connectivity index is 1.96. The van der Waals surface area contributed by atoms with Crippen molar-refractivity contribution in [3.8, 4) is 5.75 Å². The number of halogens is 3.